The summed E-state index contributed by atoms with van der Waals surface area (Å²) in [4.78, 5) is 0. The molecule has 1 heteroatoms. The molecule has 0 spiro atoms. The van der Waals surface area contributed by atoms with Crippen molar-refractivity contribution in [3.63, 3.8) is 0 Å². The van der Waals surface area contributed by atoms with Gasteiger partial charge >= 0.3 is 0 Å². The van der Waals surface area contributed by atoms with Crippen molar-refractivity contribution in [2.45, 2.75) is 38.2 Å². The summed E-state index contributed by atoms with van der Waals surface area (Å²) < 4.78 is 0. The minimum Gasteiger partial charge on any atom is -0.393 e. The van der Waals surface area contributed by atoms with Crippen LogP contribution in [0.25, 0.3) is 0 Å². The lowest BCUT2D eigenvalue weighted by Crippen LogP contribution is -2.29. The molecule has 0 aliphatic heterocycles. The monoisotopic (exact) mass is 126 g/mol. The fourth-order valence-electron chi connectivity index (χ4n) is 2.19. The van der Waals surface area contributed by atoms with E-state index < -0.39 is 0 Å². The average molecular weight is 126 g/mol. The van der Waals surface area contributed by atoms with E-state index in [1.54, 1.807) is 0 Å². The topological polar surface area (TPSA) is 20.2 Å². The molecule has 0 aromatic rings. The summed E-state index contributed by atoms with van der Waals surface area (Å²) in [6.45, 7) is 0. The van der Waals surface area contributed by atoms with Crippen molar-refractivity contribution in [3.05, 3.63) is 0 Å². The van der Waals surface area contributed by atoms with E-state index in [2.05, 4.69) is 0 Å². The van der Waals surface area contributed by atoms with Gasteiger partial charge in [0.2, 0.25) is 0 Å². The smallest absolute Gasteiger partial charge is 0.0568 e. The Labute approximate surface area is 56.1 Å². The zero-order valence-corrected chi connectivity index (χ0v) is 5.71. The van der Waals surface area contributed by atoms with E-state index in [0.717, 1.165) is 12.3 Å². The normalized spacial score (nSPS) is 49.7. The number of aliphatic hydroxyl groups excluding tert-OH is 1. The number of rotatable bonds is 0. The standard InChI is InChI=1S/C8H14O/c9-8-3-1-2-6-4-7(8)5-6/h6-9H,1-5H2. The SMILES string of the molecule is OC1CCCC2CC1C2. The molecule has 0 radical (unpaired) electrons. The molecule has 3 saturated carbocycles. The Morgan fingerprint density at radius 1 is 1.11 bits per heavy atom. The largest absolute Gasteiger partial charge is 0.393 e. The van der Waals surface area contributed by atoms with Crippen LogP contribution in [0.5, 0.6) is 0 Å². The molecule has 1 nitrogen and oxygen atoms in total. The minimum absolute atomic E-state index is 0.0590. The minimum atomic E-state index is 0.0590. The van der Waals surface area contributed by atoms with E-state index in [9.17, 15) is 5.11 Å². The van der Waals surface area contributed by atoms with Crippen LogP contribution in [0.15, 0.2) is 0 Å². The van der Waals surface area contributed by atoms with Crippen LogP contribution in [-0.2, 0) is 0 Å². The molecule has 0 saturated heterocycles. The van der Waals surface area contributed by atoms with Crippen LogP contribution in [0, 0.1) is 11.8 Å². The highest BCUT2D eigenvalue weighted by Crippen LogP contribution is 2.43. The highest BCUT2D eigenvalue weighted by Gasteiger charge is 2.36. The lowest BCUT2D eigenvalue weighted by atomic mass is 9.73. The van der Waals surface area contributed by atoms with Gasteiger partial charge in [-0.05, 0) is 31.1 Å². The van der Waals surface area contributed by atoms with Crippen LogP contribution >= 0.6 is 0 Å². The van der Waals surface area contributed by atoms with Gasteiger partial charge in [0.15, 0.2) is 0 Å². The maximum atomic E-state index is 9.40. The molecule has 0 amide bonds. The van der Waals surface area contributed by atoms with E-state index >= 15 is 0 Å². The van der Waals surface area contributed by atoms with Crippen molar-refractivity contribution < 1.29 is 5.11 Å². The van der Waals surface area contributed by atoms with Crippen molar-refractivity contribution in [2.75, 3.05) is 0 Å². The van der Waals surface area contributed by atoms with Gasteiger partial charge in [0, 0.05) is 0 Å². The first-order valence-corrected chi connectivity index (χ1v) is 4.04. The first kappa shape index (κ1) is 5.72. The maximum Gasteiger partial charge on any atom is 0.0568 e. The second-order valence-electron chi connectivity index (χ2n) is 3.60. The average Bonchev–Trinajstić information content (AvgIpc) is 1.93. The third-order valence-electron chi connectivity index (χ3n) is 2.93. The summed E-state index contributed by atoms with van der Waals surface area (Å²) >= 11 is 0. The zero-order valence-electron chi connectivity index (χ0n) is 5.71. The summed E-state index contributed by atoms with van der Waals surface area (Å²) in [6.07, 6.45) is 6.42. The summed E-state index contributed by atoms with van der Waals surface area (Å²) in [6, 6.07) is 0. The van der Waals surface area contributed by atoms with Gasteiger partial charge in [-0.15, -0.1) is 0 Å². The molecule has 0 aromatic heterocycles. The van der Waals surface area contributed by atoms with Gasteiger partial charge in [-0.1, -0.05) is 12.8 Å². The van der Waals surface area contributed by atoms with Crippen molar-refractivity contribution in [2.24, 2.45) is 11.8 Å². The summed E-state index contributed by atoms with van der Waals surface area (Å²) in [5, 5.41) is 9.40. The Kier molecular flexibility index (Phi) is 1.26. The van der Waals surface area contributed by atoms with Crippen molar-refractivity contribution >= 4 is 0 Å². The summed E-state index contributed by atoms with van der Waals surface area (Å²) in [5.74, 6) is 1.68. The van der Waals surface area contributed by atoms with Crippen LogP contribution in [-0.4, -0.2) is 11.2 Å². The van der Waals surface area contributed by atoms with Gasteiger partial charge in [0.1, 0.15) is 0 Å². The first-order valence-electron chi connectivity index (χ1n) is 4.04. The predicted octanol–water partition coefficient (Wildman–Crippen LogP) is 1.56. The third kappa shape index (κ3) is 0.877. The molecule has 3 fully saturated rings. The quantitative estimate of drug-likeness (QED) is 0.522. The number of hydrogen-bond donors (Lipinski definition) is 1. The molecule has 1 N–H and O–H groups in total. The molecule has 0 heterocycles. The second kappa shape index (κ2) is 1.98. The maximum absolute atomic E-state index is 9.40. The lowest BCUT2D eigenvalue weighted by molar-refractivity contribution is 0.0443. The molecule has 3 aliphatic rings. The third-order valence-corrected chi connectivity index (χ3v) is 2.93. The van der Waals surface area contributed by atoms with E-state index in [1.165, 1.54) is 25.7 Å². The fourth-order valence-corrected chi connectivity index (χ4v) is 2.19. The van der Waals surface area contributed by atoms with Crippen LogP contribution in [0.3, 0.4) is 0 Å². The van der Waals surface area contributed by atoms with E-state index in [-0.39, 0.29) is 6.10 Å². The molecule has 52 valence electrons. The lowest BCUT2D eigenvalue weighted by Gasteiger charge is -2.34. The van der Waals surface area contributed by atoms with Gasteiger partial charge < -0.3 is 5.11 Å². The Bertz CT molecular complexity index is 102. The molecule has 3 rings (SSSR count). The molecule has 1 unspecified atom stereocenters. The van der Waals surface area contributed by atoms with Gasteiger partial charge in [-0.25, -0.2) is 0 Å². The number of aliphatic hydroxyl groups is 1. The van der Waals surface area contributed by atoms with Crippen LogP contribution in [0.2, 0.25) is 0 Å². The van der Waals surface area contributed by atoms with Gasteiger partial charge in [-0.2, -0.15) is 0 Å². The first-order chi connectivity index (χ1) is 4.36. The molecule has 1 atom stereocenters. The second-order valence-corrected chi connectivity index (χ2v) is 3.60. The van der Waals surface area contributed by atoms with Crippen molar-refractivity contribution in [1.82, 2.24) is 0 Å². The number of hydrogen-bond acceptors (Lipinski definition) is 1. The van der Waals surface area contributed by atoms with Crippen LogP contribution in [0.4, 0.5) is 0 Å². The van der Waals surface area contributed by atoms with Crippen LogP contribution < -0.4 is 0 Å². The Balaban J connectivity index is 1.99. The van der Waals surface area contributed by atoms with E-state index in [4.69, 9.17) is 0 Å². The predicted molar refractivity (Wildman–Crippen MR) is 36.1 cm³/mol. The fraction of sp³-hybridized carbons (Fsp3) is 1.00. The number of fused-ring (bicyclic) bond motifs is 3. The highest BCUT2D eigenvalue weighted by molar-refractivity contribution is 4.87. The molecule has 0 aromatic carbocycles. The van der Waals surface area contributed by atoms with Crippen molar-refractivity contribution in [1.29, 1.82) is 0 Å². The summed E-state index contributed by atoms with van der Waals surface area (Å²) in [7, 11) is 0. The van der Waals surface area contributed by atoms with E-state index in [1.807, 2.05) is 0 Å². The Morgan fingerprint density at radius 2 is 1.89 bits per heavy atom. The molecule has 2 bridgehead atoms. The highest BCUT2D eigenvalue weighted by atomic mass is 16.3. The zero-order chi connectivity index (χ0) is 6.27. The van der Waals surface area contributed by atoms with Gasteiger partial charge in [0.25, 0.3) is 0 Å². The van der Waals surface area contributed by atoms with Crippen LogP contribution in [0.1, 0.15) is 32.1 Å². The molecular formula is C8H14O. The Morgan fingerprint density at radius 3 is 2.67 bits per heavy atom. The summed E-state index contributed by atoms with van der Waals surface area (Å²) in [5.41, 5.74) is 0. The molecular weight excluding hydrogens is 112 g/mol. The molecule has 3 aliphatic carbocycles. The van der Waals surface area contributed by atoms with Gasteiger partial charge in [0.05, 0.1) is 6.10 Å². The molecule has 9 heavy (non-hydrogen) atoms. The van der Waals surface area contributed by atoms with Gasteiger partial charge in [-0.3, -0.25) is 0 Å². The van der Waals surface area contributed by atoms with E-state index in [0.29, 0.717) is 5.92 Å². The van der Waals surface area contributed by atoms with Crippen molar-refractivity contribution in [3.8, 4) is 0 Å². The Hall–Kier alpha value is -0.0400.